The van der Waals surface area contributed by atoms with Gasteiger partial charge < -0.3 is 4.74 Å². The Morgan fingerprint density at radius 3 is 0.904 bits per heavy atom. The highest BCUT2D eigenvalue weighted by atomic mass is 35.5. The fourth-order valence-electron chi connectivity index (χ4n) is 15.3. The minimum atomic E-state index is -4.93. The molecule has 10 aromatic carbocycles. The van der Waals surface area contributed by atoms with Crippen molar-refractivity contribution >= 4 is 201 Å². The van der Waals surface area contributed by atoms with Crippen LogP contribution in [-0.4, -0.2) is 148 Å². The predicted octanol–water partition coefficient (Wildman–Crippen LogP) is 16.3. The number of aryl methyl sites for hydroxylation is 3. The van der Waals surface area contributed by atoms with E-state index in [2.05, 4.69) is 68.9 Å². The molecule has 0 bridgehead atoms. The summed E-state index contributed by atoms with van der Waals surface area (Å²) in [6.07, 6.45) is 8.84. The van der Waals surface area contributed by atoms with Crippen LogP contribution >= 0.6 is 34.8 Å². The van der Waals surface area contributed by atoms with Crippen molar-refractivity contribution in [3.8, 4) is 5.75 Å². The number of aromatic amines is 3. The number of imide groups is 5. The zero-order valence-electron chi connectivity index (χ0n) is 75.5. The van der Waals surface area contributed by atoms with Crippen LogP contribution in [0.1, 0.15) is 146 Å². The molecule has 0 saturated heterocycles. The van der Waals surface area contributed by atoms with Crippen molar-refractivity contribution in [3.05, 3.63) is 373 Å². The summed E-state index contributed by atoms with van der Waals surface area (Å²) >= 11 is 18.4. The minimum absolute atomic E-state index is 0.0204. The lowest BCUT2D eigenvalue weighted by molar-refractivity contribution is -0.274. The van der Waals surface area contributed by atoms with E-state index in [1.807, 2.05) is 27.7 Å². The van der Waals surface area contributed by atoms with Gasteiger partial charge in [0.05, 0.1) is 183 Å². The van der Waals surface area contributed by atoms with Gasteiger partial charge in [-0.25, -0.2) is 66.6 Å². The maximum atomic E-state index is 13.0. The minimum Gasteiger partial charge on any atom is -0.406 e. The molecule has 10 heterocycles. The molecule has 15 aromatic rings. The molecule has 0 saturated carbocycles. The fraction of sp³-hybridized carbons (Fsp3) is 0.0729. The van der Waals surface area contributed by atoms with Gasteiger partial charge >= 0.3 is 6.36 Å². The summed E-state index contributed by atoms with van der Waals surface area (Å²) in [6.45, 7) is 9.49. The van der Waals surface area contributed by atoms with Gasteiger partial charge in [0.15, 0.2) is 0 Å². The molecule has 146 heavy (non-hydrogen) atoms. The zero-order chi connectivity index (χ0) is 105. The third kappa shape index (κ3) is 20.6. The molecule has 0 radical (unpaired) electrons. The fourth-order valence-corrected chi connectivity index (χ4v) is 21.5. The van der Waals surface area contributed by atoms with Gasteiger partial charge in [0.25, 0.3) is 109 Å². The first kappa shape index (κ1) is 102. The van der Waals surface area contributed by atoms with Crippen molar-refractivity contribution in [3.63, 3.8) is 0 Å². The largest absolute Gasteiger partial charge is 0.573 e. The van der Waals surface area contributed by atoms with Crippen LogP contribution in [0.2, 0.25) is 15.1 Å². The molecule has 0 unspecified atom stereocenters. The molecule has 39 nitrogen and oxygen atoms in total. The van der Waals surface area contributed by atoms with Gasteiger partial charge in [-0.3, -0.25) is 96.8 Å². The van der Waals surface area contributed by atoms with Crippen LogP contribution in [0, 0.1) is 20.8 Å². The Bertz CT molecular complexity index is 8480. The van der Waals surface area contributed by atoms with E-state index in [9.17, 15) is 103 Å². The number of ether oxygens (including phenoxy) is 1. The molecule has 0 fully saturated rings. The number of alkyl halides is 3. The van der Waals surface area contributed by atoms with Gasteiger partial charge in [-0.1, -0.05) is 120 Å². The number of nitrogens with zero attached hydrogens (tertiary/aromatic N) is 10. The van der Waals surface area contributed by atoms with Crippen LogP contribution < -0.4 is 52.8 Å². The number of carbonyl (C=O) groups excluding carboxylic acids is 10. The highest BCUT2D eigenvalue weighted by Crippen LogP contribution is 2.44. The number of H-pyrrole nitrogens is 3. The molecular formula is C96H70Cl3F3N18O21S5. The van der Waals surface area contributed by atoms with E-state index in [0.29, 0.717) is 11.4 Å². The second-order valence-corrected chi connectivity index (χ2v) is 41.9. The first-order valence-corrected chi connectivity index (χ1v) is 51.0. The maximum absolute atomic E-state index is 13.0. The number of amides is 10. The van der Waals surface area contributed by atoms with Gasteiger partial charge in [-0.2, -0.15) is 15.3 Å². The average Bonchev–Trinajstić information content (AvgIpc) is 1.60. The molecule has 8 N–H and O–H groups in total. The molecule has 5 aromatic heterocycles. The van der Waals surface area contributed by atoms with E-state index >= 15 is 0 Å². The monoisotopic (exact) mass is 2130 g/mol. The van der Waals surface area contributed by atoms with Crippen molar-refractivity contribution in [2.24, 2.45) is 0 Å². The lowest BCUT2D eigenvalue weighted by Gasteiger charge is -2.13. The first-order chi connectivity index (χ1) is 69.2. The Morgan fingerprint density at radius 2 is 0.603 bits per heavy atom. The smallest absolute Gasteiger partial charge is 0.406 e. The average molecular weight is 2140 g/mol. The van der Waals surface area contributed by atoms with E-state index < -0.39 is 126 Å². The van der Waals surface area contributed by atoms with Crippen molar-refractivity contribution in [1.82, 2.24) is 40.6 Å². The summed E-state index contributed by atoms with van der Waals surface area (Å²) in [5, 5.41) is 18.7. The quantitative estimate of drug-likeness (QED) is 0.0292. The maximum Gasteiger partial charge on any atom is 0.573 e. The highest BCUT2D eigenvalue weighted by Gasteiger charge is 2.47. The first-order valence-electron chi connectivity index (χ1n) is 42.5. The Kier molecular flexibility index (Phi) is 28.2. The Labute approximate surface area is 842 Å². The van der Waals surface area contributed by atoms with Crippen LogP contribution in [0.15, 0.2) is 305 Å². The van der Waals surface area contributed by atoms with E-state index in [0.717, 1.165) is 71.0 Å². The van der Waals surface area contributed by atoms with Crippen molar-refractivity contribution in [1.29, 1.82) is 0 Å². The number of hydrogen-bond donors (Lipinski definition) is 8. The molecule has 0 aliphatic carbocycles. The second-order valence-electron chi connectivity index (χ2n) is 32.2. The van der Waals surface area contributed by atoms with Crippen molar-refractivity contribution < 1.29 is 108 Å². The summed E-state index contributed by atoms with van der Waals surface area (Å²) in [6, 6.07) is 52.2. The number of carbonyl (C=O) groups is 10. The summed E-state index contributed by atoms with van der Waals surface area (Å²) in [5.74, 6) is -6.89. The molecule has 0 spiro atoms. The Hall–Kier alpha value is -17.0. The number of anilines is 10. The van der Waals surface area contributed by atoms with E-state index in [4.69, 9.17) is 34.8 Å². The highest BCUT2D eigenvalue weighted by molar-refractivity contribution is 7.94. The molecular weight excluding hydrogens is 2060 g/mol. The van der Waals surface area contributed by atoms with Gasteiger partial charge in [0.2, 0.25) is 0 Å². The Balaban J connectivity index is 0.000000131. The number of nitrogens with one attached hydrogen (secondary N) is 8. The van der Waals surface area contributed by atoms with Crippen molar-refractivity contribution in [2.45, 2.75) is 71.4 Å². The van der Waals surface area contributed by atoms with Crippen LogP contribution in [0.3, 0.4) is 0 Å². The van der Waals surface area contributed by atoms with Gasteiger partial charge in [-0.05, 0) is 196 Å². The Morgan fingerprint density at radius 1 is 0.308 bits per heavy atom. The number of halogens is 6. The van der Waals surface area contributed by atoms with E-state index in [1.54, 1.807) is 79.7 Å². The normalized spacial score (nSPS) is 13.7. The summed E-state index contributed by atoms with van der Waals surface area (Å²) in [4.78, 5) is 141. The molecule has 742 valence electrons. The molecule has 0 atom stereocenters. The molecule has 5 aliphatic rings. The summed E-state index contributed by atoms with van der Waals surface area (Å²) in [7, 11) is -20.2. The van der Waals surface area contributed by atoms with Gasteiger partial charge in [-0.15, -0.1) is 13.2 Å². The van der Waals surface area contributed by atoms with Gasteiger partial charge in [0, 0.05) is 31.0 Å². The van der Waals surface area contributed by atoms with E-state index in [-0.39, 0.29) is 142 Å². The predicted molar refractivity (Wildman–Crippen MR) is 528 cm³/mol. The molecule has 5 aliphatic heterocycles. The number of rotatable bonds is 22. The number of fused-ring (bicyclic) bond motifs is 5. The number of sulfonamides is 5. The second kappa shape index (κ2) is 40.4. The summed E-state index contributed by atoms with van der Waals surface area (Å²) in [5.41, 5.74) is 4.21. The zero-order valence-corrected chi connectivity index (χ0v) is 81.8. The number of hydrogen-bond acceptors (Lipinski definition) is 26. The van der Waals surface area contributed by atoms with Crippen molar-refractivity contribution in [2.75, 3.05) is 48.1 Å². The topological polar surface area (TPSA) is 539 Å². The lowest BCUT2D eigenvalue weighted by atomic mass is 10.0. The van der Waals surface area contributed by atoms with E-state index in [1.165, 1.54) is 183 Å². The summed E-state index contributed by atoms with van der Waals surface area (Å²) < 4.78 is 180. The molecule has 20 rings (SSSR count). The SMILES string of the molecule is CC(C)c1ccc(S(=O)(=O)Nc2ccc(Cl)c3c2C(=O)N(c2cn[nH]c2)C3=O)cc1.Cc1ccc(S(=O)(=O)Nc2ccc(Cl)c3c2C(=O)N(c2cn[nH]c2)C3=O)cc1.Cc1ccc(S(=O)(=O)Nc2cccc3c2C(=O)N(c2cccnc2)C3=O)cc1.Cc1cccc(S(=O)(=O)Nc2cccc3c2C(=O)N(c2cccnc2)C3=O)c1.O=C1c2c(Cl)ccc(NS(=O)(=O)c3ccc(OC(F)(F)F)cc3)c2C(=O)N1c1cn[nH]c1. The third-order valence-corrected chi connectivity index (χ3v) is 30.1. The molecule has 10 amide bonds. The van der Waals surface area contributed by atoms with Crippen LogP contribution in [-0.2, 0) is 50.1 Å². The number of benzene rings is 10. The van der Waals surface area contributed by atoms with Gasteiger partial charge in [0.1, 0.15) is 5.75 Å². The number of pyridine rings is 2. The third-order valence-electron chi connectivity index (χ3n) is 22.2. The van der Waals surface area contributed by atoms with Crippen LogP contribution in [0.25, 0.3) is 0 Å². The number of aromatic nitrogens is 8. The standard InChI is InChI=1S/C20H17ClN4O4S.2C20H15N3O4S.C18H10ClF3N4O5S.C18H13ClN4O4S/c1-11(2)12-3-5-14(6-4-12)30(28,29)24-16-8-7-15(21)17-18(16)20(27)25(19(17)26)13-9-22-23-10-13;1-13-5-2-7-15(11-13)28(26,27)22-17-9-3-8-16-18(17)20(25)23(19(16)24)14-6-4-10-21-12-14;1-13-7-9-15(10-8-13)28(26,27)22-17-6-2-5-16-18(17)20(25)23(19(16)24)14-4-3-11-21-12-14;19-12-5-6-13(15-14(12)16(27)26(17(15)28)9-7-23-24-8-9)25-32(29,30)11-3-1-10(2-4-11)31-18(20,21)22;1-10-2-4-12(5-3-10)28(26,27)22-14-7-6-13(19)15-16(14)18(25)23(17(15)24)11-8-20-21-9-11/h3-11,24H,1-2H3,(H,22,23);2*2-12,22H,1H3;1-8,25H,(H,23,24);2-9,22H,1H3,(H,20,21). The molecule has 50 heteroatoms. The lowest BCUT2D eigenvalue weighted by Crippen LogP contribution is -2.29. The van der Waals surface area contributed by atoms with Crippen LogP contribution in [0.4, 0.5) is 70.0 Å². The van der Waals surface area contributed by atoms with Crippen LogP contribution in [0.5, 0.6) is 5.75 Å².